The third kappa shape index (κ3) is 7.36. The molecule has 0 radical (unpaired) electrons. The summed E-state index contributed by atoms with van der Waals surface area (Å²) >= 11 is 0. The van der Waals surface area contributed by atoms with Crippen molar-refractivity contribution < 1.29 is 23.4 Å². The van der Waals surface area contributed by atoms with Gasteiger partial charge in [-0.3, -0.25) is 4.79 Å². The summed E-state index contributed by atoms with van der Waals surface area (Å²) in [5.41, 5.74) is 6.44. The van der Waals surface area contributed by atoms with Crippen molar-refractivity contribution in [3.63, 3.8) is 0 Å². The average Bonchev–Trinajstić information content (AvgIpc) is 3.35. The summed E-state index contributed by atoms with van der Waals surface area (Å²) in [4.78, 5) is 12.7. The zero-order chi connectivity index (χ0) is 29.7. The maximum Gasteiger partial charge on any atom is 0.308 e. The van der Waals surface area contributed by atoms with Gasteiger partial charge in [0.2, 0.25) is 0 Å². The molecule has 1 saturated heterocycles. The lowest BCUT2D eigenvalue weighted by Crippen LogP contribution is -2.45. The van der Waals surface area contributed by atoms with Crippen LogP contribution >= 0.6 is 0 Å². The molecule has 42 heavy (non-hydrogen) atoms. The number of ether oxygens (including phenoxy) is 3. The Hall–Kier alpha value is -3.74. The third-order valence-electron chi connectivity index (χ3n) is 7.66. The number of benzene rings is 3. The van der Waals surface area contributed by atoms with Crippen LogP contribution < -0.4 is 0 Å². The van der Waals surface area contributed by atoms with E-state index in [0.717, 1.165) is 34.4 Å². The lowest BCUT2D eigenvalue weighted by atomic mass is 10.0. The fraction of sp³-hybridized carbons (Fsp3) is 0.361. The SMILES string of the molecule is CC(C)c1cc(-c2ccccc2)c(-c2ccc(F)cc2)n1CC[C@@H]1C[C@H](CC(=O)OCc2ccccc2)OC(C)(C)O1. The normalized spacial score (nSPS) is 18.2. The van der Waals surface area contributed by atoms with Crippen molar-refractivity contribution in [3.8, 4) is 22.4 Å². The van der Waals surface area contributed by atoms with E-state index in [0.29, 0.717) is 13.0 Å². The van der Waals surface area contributed by atoms with Crippen molar-refractivity contribution in [1.82, 2.24) is 4.57 Å². The molecule has 1 aliphatic rings. The molecule has 5 rings (SSSR count). The minimum Gasteiger partial charge on any atom is -0.461 e. The summed E-state index contributed by atoms with van der Waals surface area (Å²) in [7, 11) is 0. The van der Waals surface area contributed by atoms with Crippen molar-refractivity contribution in [3.05, 3.63) is 108 Å². The van der Waals surface area contributed by atoms with E-state index in [1.165, 1.54) is 17.8 Å². The van der Waals surface area contributed by atoms with Crippen molar-refractivity contribution >= 4 is 5.97 Å². The van der Waals surface area contributed by atoms with Gasteiger partial charge >= 0.3 is 5.97 Å². The molecule has 4 aromatic rings. The van der Waals surface area contributed by atoms with Crippen LogP contribution in [0.15, 0.2) is 91.0 Å². The molecule has 6 heteroatoms. The Morgan fingerprint density at radius 3 is 2.24 bits per heavy atom. The predicted octanol–water partition coefficient (Wildman–Crippen LogP) is 8.52. The first-order valence-corrected chi connectivity index (χ1v) is 14.8. The standard InChI is InChI=1S/C36H40FNO4/c1-25(2)33-23-32(27-13-9-6-10-14-27)35(28-15-17-29(37)18-16-28)38(33)20-19-30-21-31(42-36(3,4)41-30)22-34(39)40-24-26-11-7-5-8-12-26/h5-18,23,25,30-31H,19-22,24H2,1-4H3/t30-,31-/m1/s1. The molecule has 3 aromatic carbocycles. The average molecular weight is 570 g/mol. The van der Waals surface area contributed by atoms with Crippen LogP contribution in [0.4, 0.5) is 4.39 Å². The highest BCUT2D eigenvalue weighted by molar-refractivity contribution is 5.82. The van der Waals surface area contributed by atoms with E-state index in [-0.39, 0.29) is 42.9 Å². The van der Waals surface area contributed by atoms with Crippen LogP contribution in [0.2, 0.25) is 0 Å². The summed E-state index contributed by atoms with van der Waals surface area (Å²) in [6.45, 7) is 9.14. The molecule has 2 atom stereocenters. The number of nitrogens with zero attached hydrogens (tertiary/aromatic N) is 1. The first-order valence-electron chi connectivity index (χ1n) is 14.8. The van der Waals surface area contributed by atoms with Crippen molar-refractivity contribution in [2.45, 2.75) is 84.0 Å². The number of hydrogen-bond donors (Lipinski definition) is 0. The fourth-order valence-corrected chi connectivity index (χ4v) is 5.82. The van der Waals surface area contributed by atoms with E-state index in [2.05, 4.69) is 36.6 Å². The molecule has 5 nitrogen and oxygen atoms in total. The largest absolute Gasteiger partial charge is 0.461 e. The number of rotatable bonds is 10. The maximum absolute atomic E-state index is 13.9. The van der Waals surface area contributed by atoms with Crippen LogP contribution in [-0.2, 0) is 32.2 Å². The Morgan fingerprint density at radius 1 is 0.929 bits per heavy atom. The number of carbonyl (C=O) groups is 1. The molecule has 0 unspecified atom stereocenters. The molecule has 0 aliphatic carbocycles. The van der Waals surface area contributed by atoms with Crippen LogP contribution in [0, 0.1) is 5.82 Å². The number of aromatic nitrogens is 1. The quantitative estimate of drug-likeness (QED) is 0.180. The minimum atomic E-state index is -0.820. The van der Waals surface area contributed by atoms with Gasteiger partial charge in [0, 0.05) is 24.2 Å². The molecule has 0 spiro atoms. The molecule has 1 fully saturated rings. The molecule has 2 heterocycles. The smallest absolute Gasteiger partial charge is 0.308 e. The molecular formula is C36H40FNO4. The summed E-state index contributed by atoms with van der Waals surface area (Å²) in [5.74, 6) is -1.08. The van der Waals surface area contributed by atoms with E-state index < -0.39 is 5.79 Å². The summed E-state index contributed by atoms with van der Waals surface area (Å²) in [6.07, 6.45) is 1.10. The van der Waals surface area contributed by atoms with Gasteiger partial charge in [0.1, 0.15) is 12.4 Å². The number of halogens is 1. The molecule has 0 saturated carbocycles. The Bertz CT molecular complexity index is 1460. The highest BCUT2D eigenvalue weighted by atomic mass is 19.1. The van der Waals surface area contributed by atoms with Crippen LogP contribution in [0.5, 0.6) is 0 Å². The van der Waals surface area contributed by atoms with Gasteiger partial charge in [0.15, 0.2) is 5.79 Å². The fourth-order valence-electron chi connectivity index (χ4n) is 5.82. The number of hydrogen-bond acceptors (Lipinski definition) is 4. The second kappa shape index (κ2) is 13.1. The van der Waals surface area contributed by atoms with Crippen LogP contribution in [0.1, 0.15) is 64.1 Å². The first-order chi connectivity index (χ1) is 20.2. The van der Waals surface area contributed by atoms with E-state index in [1.54, 1.807) is 0 Å². The minimum absolute atomic E-state index is 0.107. The van der Waals surface area contributed by atoms with Gasteiger partial charge in [0.25, 0.3) is 0 Å². The molecule has 220 valence electrons. The predicted molar refractivity (Wildman–Crippen MR) is 163 cm³/mol. The monoisotopic (exact) mass is 569 g/mol. The molecule has 1 aliphatic heterocycles. The lowest BCUT2D eigenvalue weighted by molar-refractivity contribution is -0.300. The highest BCUT2D eigenvalue weighted by Gasteiger charge is 2.37. The van der Waals surface area contributed by atoms with Gasteiger partial charge in [-0.05, 0) is 73.2 Å². The van der Waals surface area contributed by atoms with Crippen molar-refractivity contribution in [1.29, 1.82) is 0 Å². The summed E-state index contributed by atoms with van der Waals surface area (Å²) < 4.78 is 34.3. The third-order valence-corrected chi connectivity index (χ3v) is 7.66. The molecule has 0 amide bonds. The van der Waals surface area contributed by atoms with Gasteiger partial charge in [-0.15, -0.1) is 0 Å². The van der Waals surface area contributed by atoms with Crippen LogP contribution in [-0.4, -0.2) is 28.5 Å². The first kappa shape index (κ1) is 29.7. The summed E-state index contributed by atoms with van der Waals surface area (Å²) in [6, 6.07) is 29.0. The van der Waals surface area contributed by atoms with Gasteiger partial charge in [-0.1, -0.05) is 74.5 Å². The number of esters is 1. The van der Waals surface area contributed by atoms with E-state index >= 15 is 0 Å². The molecular weight excluding hydrogens is 529 g/mol. The maximum atomic E-state index is 13.9. The lowest BCUT2D eigenvalue weighted by Gasteiger charge is -2.40. The topological polar surface area (TPSA) is 49.7 Å². The zero-order valence-electron chi connectivity index (χ0n) is 24.9. The molecule has 0 bridgehead atoms. The van der Waals surface area contributed by atoms with Crippen molar-refractivity contribution in [2.75, 3.05) is 0 Å². The molecule has 0 N–H and O–H groups in total. The molecule has 1 aromatic heterocycles. The Balaban J connectivity index is 1.36. The second-order valence-electron chi connectivity index (χ2n) is 11.8. The zero-order valence-corrected chi connectivity index (χ0v) is 24.9. The van der Waals surface area contributed by atoms with E-state index in [9.17, 15) is 9.18 Å². The van der Waals surface area contributed by atoms with Crippen LogP contribution in [0.25, 0.3) is 22.4 Å². The number of carbonyl (C=O) groups excluding carboxylic acids is 1. The van der Waals surface area contributed by atoms with Crippen molar-refractivity contribution in [2.24, 2.45) is 0 Å². The van der Waals surface area contributed by atoms with Gasteiger partial charge < -0.3 is 18.8 Å². The Labute approximate surface area is 248 Å². The van der Waals surface area contributed by atoms with Gasteiger partial charge in [-0.25, -0.2) is 4.39 Å². The van der Waals surface area contributed by atoms with Gasteiger partial charge in [0.05, 0.1) is 24.3 Å². The second-order valence-corrected chi connectivity index (χ2v) is 11.8. The van der Waals surface area contributed by atoms with E-state index in [4.69, 9.17) is 14.2 Å². The van der Waals surface area contributed by atoms with E-state index in [1.807, 2.05) is 74.5 Å². The Kier molecular flexibility index (Phi) is 9.24. The van der Waals surface area contributed by atoms with Gasteiger partial charge in [-0.2, -0.15) is 0 Å². The Morgan fingerprint density at radius 2 is 1.57 bits per heavy atom. The summed E-state index contributed by atoms with van der Waals surface area (Å²) in [5, 5.41) is 0. The van der Waals surface area contributed by atoms with Crippen LogP contribution in [0.3, 0.4) is 0 Å². The highest BCUT2D eigenvalue weighted by Crippen LogP contribution is 2.39.